The summed E-state index contributed by atoms with van der Waals surface area (Å²) in [6.07, 6.45) is 1.83. The Balaban J connectivity index is 0.00000245. The molecule has 5 nitrogen and oxygen atoms in total. The van der Waals surface area contributed by atoms with E-state index in [0.717, 1.165) is 40.4 Å². The molecule has 0 aliphatic carbocycles. The van der Waals surface area contributed by atoms with E-state index in [4.69, 9.17) is 14.2 Å². The van der Waals surface area contributed by atoms with Gasteiger partial charge in [-0.15, -0.1) is 12.4 Å². The van der Waals surface area contributed by atoms with Crippen LogP contribution >= 0.6 is 12.4 Å². The summed E-state index contributed by atoms with van der Waals surface area (Å²) in [4.78, 5) is 4.67. The molecular weight excluding hydrogens is 424 g/mol. The number of rotatable bonds is 5. The van der Waals surface area contributed by atoms with Crippen molar-refractivity contribution in [2.24, 2.45) is 0 Å². The molecule has 0 fully saturated rings. The number of hydrogen-bond acceptors (Lipinski definition) is 4. The van der Waals surface area contributed by atoms with Crippen LogP contribution in [-0.2, 0) is 13.2 Å². The molecule has 6 heteroatoms. The van der Waals surface area contributed by atoms with Crippen molar-refractivity contribution in [3.63, 3.8) is 0 Å². The minimum Gasteiger partial charge on any atom is -0.487 e. The van der Waals surface area contributed by atoms with Crippen molar-refractivity contribution >= 4 is 23.4 Å². The lowest BCUT2D eigenvalue weighted by molar-refractivity contribution is 0.174. The number of ether oxygens (including phenoxy) is 3. The summed E-state index contributed by atoms with van der Waals surface area (Å²) in [5.41, 5.74) is 9.34. The van der Waals surface area contributed by atoms with Gasteiger partial charge in [0.2, 0.25) is 6.79 Å². The van der Waals surface area contributed by atoms with E-state index in [1.54, 1.807) is 0 Å². The Bertz CT molecular complexity index is 1300. The van der Waals surface area contributed by atoms with E-state index in [0.29, 0.717) is 6.61 Å². The Kier molecular flexibility index (Phi) is 6.02. The molecule has 2 aromatic heterocycles. The van der Waals surface area contributed by atoms with Gasteiger partial charge in [0.25, 0.3) is 0 Å². The van der Waals surface area contributed by atoms with Crippen LogP contribution in [0.1, 0.15) is 33.5 Å². The van der Waals surface area contributed by atoms with E-state index < -0.39 is 0 Å². The van der Waals surface area contributed by atoms with Crippen molar-refractivity contribution in [3.05, 3.63) is 82.2 Å². The number of pyridine rings is 1. The second-order valence-electron chi connectivity index (χ2n) is 8.21. The monoisotopic (exact) mass is 450 g/mol. The molecule has 1 aliphatic rings. The third-order valence-electron chi connectivity index (χ3n) is 6.12. The van der Waals surface area contributed by atoms with Gasteiger partial charge in [0.15, 0.2) is 11.5 Å². The molecule has 0 saturated carbocycles. The summed E-state index contributed by atoms with van der Waals surface area (Å²) >= 11 is 0. The summed E-state index contributed by atoms with van der Waals surface area (Å²) in [6.45, 7) is 10.1. The minimum absolute atomic E-state index is 0. The third kappa shape index (κ3) is 3.89. The van der Waals surface area contributed by atoms with Gasteiger partial charge in [-0.3, -0.25) is 4.98 Å². The van der Waals surface area contributed by atoms with Crippen LogP contribution in [0.3, 0.4) is 0 Å². The summed E-state index contributed by atoms with van der Waals surface area (Å²) in [7, 11) is 0. The number of hydrogen-bond donors (Lipinski definition) is 0. The Morgan fingerprint density at radius 3 is 2.62 bits per heavy atom. The Morgan fingerprint density at radius 2 is 1.78 bits per heavy atom. The summed E-state index contributed by atoms with van der Waals surface area (Å²) in [5, 5.41) is 0. The Hall–Kier alpha value is -3.18. The van der Waals surface area contributed by atoms with Gasteiger partial charge in [-0.25, -0.2) is 0 Å². The maximum atomic E-state index is 6.31. The fourth-order valence-electron chi connectivity index (χ4n) is 4.16. The average Bonchev–Trinajstić information content (AvgIpc) is 3.33. The smallest absolute Gasteiger partial charge is 0.231 e. The molecule has 0 bridgehead atoms. The summed E-state index contributed by atoms with van der Waals surface area (Å²) in [6, 6.07) is 14.5. The van der Waals surface area contributed by atoms with Crippen LogP contribution in [0, 0.1) is 27.7 Å². The van der Waals surface area contributed by atoms with Crippen LogP contribution in [-0.4, -0.2) is 16.3 Å². The second-order valence-corrected chi connectivity index (χ2v) is 8.21. The quantitative estimate of drug-likeness (QED) is 0.371. The van der Waals surface area contributed by atoms with E-state index in [1.807, 2.05) is 30.5 Å². The zero-order valence-electron chi connectivity index (χ0n) is 18.8. The Morgan fingerprint density at radius 1 is 0.969 bits per heavy atom. The lowest BCUT2D eigenvalue weighted by Crippen LogP contribution is -2.06. The topological polar surface area (TPSA) is 45.5 Å². The van der Waals surface area contributed by atoms with Gasteiger partial charge in [0, 0.05) is 24.5 Å². The molecule has 0 spiro atoms. The number of fused-ring (bicyclic) bond motifs is 2. The van der Waals surface area contributed by atoms with E-state index in [-0.39, 0.29) is 19.2 Å². The first-order valence-corrected chi connectivity index (χ1v) is 10.5. The standard InChI is InChI=1S/C26H26N2O3.ClH/c1-16-5-6-17(2)21(11-16)13-28-19(4)18(3)25-26(28)23(9-10-27-25)29-14-20-7-8-22-24(12-20)31-15-30-22;/h5-12H,13-15H2,1-4H3;1H. The number of benzene rings is 2. The number of halogens is 1. The van der Waals surface area contributed by atoms with E-state index in [2.05, 4.69) is 55.4 Å². The van der Waals surface area contributed by atoms with Crippen LogP contribution in [0.25, 0.3) is 11.0 Å². The molecule has 1 aliphatic heterocycles. The van der Waals surface area contributed by atoms with Gasteiger partial charge in [0.05, 0.1) is 5.52 Å². The second kappa shape index (κ2) is 8.75. The lowest BCUT2D eigenvalue weighted by atomic mass is 10.1. The highest BCUT2D eigenvalue weighted by molar-refractivity contribution is 5.86. The molecule has 5 rings (SSSR count). The molecule has 32 heavy (non-hydrogen) atoms. The zero-order valence-corrected chi connectivity index (χ0v) is 19.6. The molecule has 0 N–H and O–H groups in total. The summed E-state index contributed by atoms with van der Waals surface area (Å²) < 4.78 is 19.5. The van der Waals surface area contributed by atoms with Gasteiger partial charge >= 0.3 is 0 Å². The molecule has 2 aromatic carbocycles. The summed E-state index contributed by atoms with van der Waals surface area (Å²) in [5.74, 6) is 2.39. The van der Waals surface area contributed by atoms with Gasteiger partial charge in [-0.2, -0.15) is 0 Å². The Labute approximate surface area is 194 Å². The van der Waals surface area contributed by atoms with Gasteiger partial charge in [0.1, 0.15) is 17.9 Å². The molecule has 0 unspecified atom stereocenters. The molecular formula is C26H27ClN2O3. The predicted octanol–water partition coefficient (Wildman–Crippen LogP) is 6.05. The van der Waals surface area contributed by atoms with Gasteiger partial charge in [-0.1, -0.05) is 29.8 Å². The predicted molar refractivity (Wildman–Crippen MR) is 128 cm³/mol. The highest BCUT2D eigenvalue weighted by Gasteiger charge is 2.18. The highest BCUT2D eigenvalue weighted by atomic mass is 35.5. The maximum absolute atomic E-state index is 6.31. The maximum Gasteiger partial charge on any atom is 0.231 e. The minimum atomic E-state index is 0. The van der Waals surface area contributed by atoms with Gasteiger partial charge < -0.3 is 18.8 Å². The first-order chi connectivity index (χ1) is 15.0. The van der Waals surface area contributed by atoms with Crippen molar-refractivity contribution in [3.8, 4) is 17.2 Å². The molecule has 0 saturated heterocycles. The fraction of sp³-hybridized carbons (Fsp3) is 0.269. The number of aromatic nitrogens is 2. The van der Waals surface area contributed by atoms with Gasteiger partial charge in [-0.05, 0) is 62.1 Å². The lowest BCUT2D eigenvalue weighted by Gasteiger charge is -2.14. The van der Waals surface area contributed by atoms with Crippen LogP contribution < -0.4 is 14.2 Å². The number of nitrogens with zero attached hydrogens (tertiary/aromatic N) is 2. The van der Waals surface area contributed by atoms with E-state index >= 15 is 0 Å². The van der Waals surface area contributed by atoms with Crippen molar-refractivity contribution in [2.45, 2.75) is 40.8 Å². The van der Waals surface area contributed by atoms with E-state index in [9.17, 15) is 0 Å². The highest BCUT2D eigenvalue weighted by Crippen LogP contribution is 2.35. The largest absolute Gasteiger partial charge is 0.487 e. The van der Waals surface area contributed by atoms with Crippen LogP contribution in [0.15, 0.2) is 48.7 Å². The zero-order chi connectivity index (χ0) is 21.5. The van der Waals surface area contributed by atoms with Crippen molar-refractivity contribution in [1.82, 2.24) is 9.55 Å². The average molecular weight is 451 g/mol. The fourth-order valence-corrected chi connectivity index (χ4v) is 4.16. The van der Waals surface area contributed by atoms with Crippen molar-refractivity contribution in [1.29, 1.82) is 0 Å². The molecule has 0 radical (unpaired) electrons. The van der Waals surface area contributed by atoms with Crippen LogP contribution in [0.2, 0.25) is 0 Å². The normalized spacial score (nSPS) is 12.1. The first kappa shape index (κ1) is 22.0. The molecule has 4 aromatic rings. The molecule has 0 amide bonds. The van der Waals surface area contributed by atoms with Crippen molar-refractivity contribution < 1.29 is 14.2 Å². The number of aryl methyl sites for hydroxylation is 3. The molecule has 166 valence electrons. The van der Waals surface area contributed by atoms with E-state index in [1.165, 1.54) is 27.9 Å². The molecule has 0 atom stereocenters. The van der Waals surface area contributed by atoms with Crippen LogP contribution in [0.5, 0.6) is 17.2 Å². The first-order valence-electron chi connectivity index (χ1n) is 10.5. The third-order valence-corrected chi connectivity index (χ3v) is 6.12. The SMILES string of the molecule is Cc1ccc(C)c(Cn2c(C)c(C)c3nccc(OCc4ccc5c(c4)OCO5)c32)c1.Cl. The van der Waals surface area contributed by atoms with Crippen LogP contribution in [0.4, 0.5) is 0 Å². The molecule has 3 heterocycles. The van der Waals surface area contributed by atoms with Crippen molar-refractivity contribution in [2.75, 3.05) is 6.79 Å².